The van der Waals surface area contributed by atoms with Crippen molar-refractivity contribution < 1.29 is 4.42 Å². The molecule has 3 aromatic heterocycles. The Labute approximate surface area is 96.5 Å². The van der Waals surface area contributed by atoms with Crippen molar-refractivity contribution in [3.63, 3.8) is 0 Å². The van der Waals surface area contributed by atoms with Gasteiger partial charge in [-0.05, 0) is 31.2 Å². The normalized spacial score (nSPS) is 11.1. The zero-order valence-electron chi connectivity index (χ0n) is 8.51. The van der Waals surface area contributed by atoms with E-state index in [4.69, 9.17) is 16.0 Å². The van der Waals surface area contributed by atoms with E-state index < -0.39 is 0 Å². The van der Waals surface area contributed by atoms with Gasteiger partial charge in [0.2, 0.25) is 5.82 Å². The van der Waals surface area contributed by atoms with Gasteiger partial charge >= 0.3 is 0 Å². The summed E-state index contributed by atoms with van der Waals surface area (Å²) in [6, 6.07) is 7.32. The molecule has 0 aliphatic rings. The van der Waals surface area contributed by atoms with Crippen molar-refractivity contribution >= 4 is 17.2 Å². The van der Waals surface area contributed by atoms with Crippen LogP contribution in [0.2, 0.25) is 5.02 Å². The molecule has 0 atom stereocenters. The first-order valence-corrected chi connectivity index (χ1v) is 5.19. The summed E-state index contributed by atoms with van der Waals surface area (Å²) in [5.74, 6) is 2.03. The topological polar surface area (TPSA) is 43.3 Å². The molecule has 0 radical (unpaired) electrons. The van der Waals surface area contributed by atoms with Gasteiger partial charge in [-0.15, -0.1) is 5.10 Å². The summed E-state index contributed by atoms with van der Waals surface area (Å²) < 4.78 is 7.09. The fraction of sp³-hybridized carbons (Fsp3) is 0.0909. The van der Waals surface area contributed by atoms with Crippen LogP contribution in [0.25, 0.3) is 17.2 Å². The SMILES string of the molecule is Cc1ccc(-c2nc3c(Cl)cccn3n2)o1. The number of aromatic nitrogens is 3. The van der Waals surface area contributed by atoms with E-state index in [2.05, 4.69) is 10.1 Å². The molecule has 0 bridgehead atoms. The lowest BCUT2D eigenvalue weighted by Crippen LogP contribution is -1.85. The average Bonchev–Trinajstić information content (AvgIpc) is 2.84. The van der Waals surface area contributed by atoms with Crippen molar-refractivity contribution in [1.82, 2.24) is 14.6 Å². The molecule has 3 rings (SSSR count). The van der Waals surface area contributed by atoms with Crippen molar-refractivity contribution in [3.8, 4) is 11.6 Å². The van der Waals surface area contributed by atoms with E-state index in [1.807, 2.05) is 25.1 Å². The van der Waals surface area contributed by atoms with Crippen molar-refractivity contribution in [2.45, 2.75) is 6.92 Å². The largest absolute Gasteiger partial charge is 0.458 e. The maximum Gasteiger partial charge on any atom is 0.217 e. The van der Waals surface area contributed by atoms with Crippen LogP contribution in [-0.4, -0.2) is 14.6 Å². The Bertz CT molecular complexity index is 656. The number of nitrogens with zero attached hydrogens (tertiary/aromatic N) is 3. The molecule has 0 aliphatic carbocycles. The minimum atomic E-state index is 0.543. The molecule has 0 saturated carbocycles. The first kappa shape index (κ1) is 9.42. The molecule has 3 aromatic rings. The highest BCUT2D eigenvalue weighted by Gasteiger charge is 2.11. The Morgan fingerprint density at radius 2 is 2.19 bits per heavy atom. The highest BCUT2D eigenvalue weighted by molar-refractivity contribution is 6.33. The van der Waals surface area contributed by atoms with Gasteiger partial charge in [0.05, 0.1) is 5.02 Å². The summed E-state index contributed by atoms with van der Waals surface area (Å²) in [6.45, 7) is 1.88. The van der Waals surface area contributed by atoms with Crippen LogP contribution in [0.15, 0.2) is 34.9 Å². The number of fused-ring (bicyclic) bond motifs is 1. The Balaban J connectivity index is 2.22. The van der Waals surface area contributed by atoms with E-state index in [-0.39, 0.29) is 0 Å². The molecule has 3 heterocycles. The minimum absolute atomic E-state index is 0.543. The molecule has 0 spiro atoms. The molecule has 4 nitrogen and oxygen atoms in total. The minimum Gasteiger partial charge on any atom is -0.458 e. The van der Waals surface area contributed by atoms with Crippen LogP contribution in [0.3, 0.4) is 0 Å². The second-order valence-electron chi connectivity index (χ2n) is 3.47. The lowest BCUT2D eigenvalue weighted by Gasteiger charge is -1.90. The lowest BCUT2D eigenvalue weighted by atomic mass is 10.4. The molecule has 16 heavy (non-hydrogen) atoms. The summed E-state index contributed by atoms with van der Waals surface area (Å²) in [5, 5.41) is 4.86. The number of halogens is 1. The zero-order valence-corrected chi connectivity index (χ0v) is 9.27. The van der Waals surface area contributed by atoms with Crippen LogP contribution >= 0.6 is 11.6 Å². The molecule has 0 aliphatic heterocycles. The van der Waals surface area contributed by atoms with Crippen molar-refractivity contribution in [1.29, 1.82) is 0 Å². The van der Waals surface area contributed by atoms with Gasteiger partial charge in [0.25, 0.3) is 0 Å². The Kier molecular flexibility index (Phi) is 1.97. The summed E-state index contributed by atoms with van der Waals surface area (Å²) in [5.41, 5.74) is 0.633. The van der Waals surface area contributed by atoms with Crippen molar-refractivity contribution in [2.75, 3.05) is 0 Å². The van der Waals surface area contributed by atoms with E-state index in [0.29, 0.717) is 22.3 Å². The van der Waals surface area contributed by atoms with E-state index >= 15 is 0 Å². The van der Waals surface area contributed by atoms with E-state index in [0.717, 1.165) is 5.76 Å². The van der Waals surface area contributed by atoms with Crippen LogP contribution in [0.4, 0.5) is 0 Å². The van der Waals surface area contributed by atoms with Gasteiger partial charge in [0.1, 0.15) is 5.76 Å². The van der Waals surface area contributed by atoms with Gasteiger partial charge in [-0.25, -0.2) is 9.50 Å². The van der Waals surface area contributed by atoms with Gasteiger partial charge in [0, 0.05) is 6.20 Å². The molecule has 0 unspecified atom stereocenters. The number of hydrogen-bond donors (Lipinski definition) is 0. The van der Waals surface area contributed by atoms with Crippen molar-refractivity contribution in [3.05, 3.63) is 41.2 Å². The van der Waals surface area contributed by atoms with Gasteiger partial charge in [0.15, 0.2) is 11.4 Å². The summed E-state index contributed by atoms with van der Waals surface area (Å²) in [4.78, 5) is 4.32. The predicted octanol–water partition coefficient (Wildman–Crippen LogP) is 2.95. The van der Waals surface area contributed by atoms with E-state index in [1.54, 1.807) is 16.8 Å². The van der Waals surface area contributed by atoms with Gasteiger partial charge in [-0.2, -0.15) is 0 Å². The smallest absolute Gasteiger partial charge is 0.217 e. The van der Waals surface area contributed by atoms with Gasteiger partial charge in [-0.3, -0.25) is 0 Å². The molecule has 0 aromatic carbocycles. The fourth-order valence-electron chi connectivity index (χ4n) is 1.53. The first-order valence-electron chi connectivity index (χ1n) is 4.82. The first-order chi connectivity index (χ1) is 7.74. The Morgan fingerprint density at radius 1 is 1.31 bits per heavy atom. The fourth-order valence-corrected chi connectivity index (χ4v) is 1.73. The van der Waals surface area contributed by atoms with Gasteiger partial charge < -0.3 is 4.42 Å². The monoisotopic (exact) mass is 233 g/mol. The maximum atomic E-state index is 6.01. The molecular weight excluding hydrogens is 226 g/mol. The summed E-state index contributed by atoms with van der Waals surface area (Å²) >= 11 is 6.01. The average molecular weight is 234 g/mol. The molecule has 0 N–H and O–H groups in total. The Hall–Kier alpha value is -1.81. The highest BCUT2D eigenvalue weighted by atomic mass is 35.5. The maximum absolute atomic E-state index is 6.01. The molecular formula is C11H8ClN3O. The second kappa shape index (κ2) is 3.35. The molecule has 0 amide bonds. The van der Waals surface area contributed by atoms with Crippen LogP contribution in [0.1, 0.15) is 5.76 Å². The van der Waals surface area contributed by atoms with Crippen LogP contribution in [0.5, 0.6) is 0 Å². The Morgan fingerprint density at radius 3 is 2.88 bits per heavy atom. The summed E-state index contributed by atoms with van der Waals surface area (Å²) in [6.07, 6.45) is 1.80. The molecule has 0 saturated heterocycles. The predicted molar refractivity (Wildman–Crippen MR) is 60.4 cm³/mol. The number of pyridine rings is 1. The van der Waals surface area contributed by atoms with Crippen LogP contribution in [0, 0.1) is 6.92 Å². The van der Waals surface area contributed by atoms with Crippen molar-refractivity contribution in [2.24, 2.45) is 0 Å². The van der Waals surface area contributed by atoms with Crippen LogP contribution in [-0.2, 0) is 0 Å². The molecule has 0 fully saturated rings. The zero-order chi connectivity index (χ0) is 11.1. The number of aryl methyl sites for hydroxylation is 1. The van der Waals surface area contributed by atoms with E-state index in [9.17, 15) is 0 Å². The standard InChI is InChI=1S/C11H8ClN3O/c1-7-4-5-9(16-7)10-13-11-8(12)3-2-6-15(11)14-10/h2-6H,1H3. The summed E-state index contributed by atoms with van der Waals surface area (Å²) in [7, 11) is 0. The third-order valence-electron chi connectivity index (χ3n) is 2.28. The lowest BCUT2D eigenvalue weighted by molar-refractivity contribution is 0.544. The van der Waals surface area contributed by atoms with Crippen LogP contribution < -0.4 is 0 Å². The van der Waals surface area contributed by atoms with Gasteiger partial charge in [-0.1, -0.05) is 11.6 Å². The molecule has 5 heteroatoms. The highest BCUT2D eigenvalue weighted by Crippen LogP contribution is 2.21. The number of hydrogen-bond acceptors (Lipinski definition) is 3. The third kappa shape index (κ3) is 1.39. The number of rotatable bonds is 1. The number of furan rings is 1. The quantitative estimate of drug-likeness (QED) is 0.649. The third-order valence-corrected chi connectivity index (χ3v) is 2.57. The molecule has 80 valence electrons. The van der Waals surface area contributed by atoms with E-state index in [1.165, 1.54) is 0 Å². The second-order valence-corrected chi connectivity index (χ2v) is 3.88.